The molecule has 1 N–H and O–H groups in total. The molecule has 2 rings (SSSR count). The number of carbonyl (C=O) groups excluding carboxylic acids is 1. The number of rotatable bonds is 14. The van der Waals surface area contributed by atoms with E-state index in [2.05, 4.69) is 22.2 Å². The van der Waals surface area contributed by atoms with E-state index in [1.807, 2.05) is 25.1 Å². The number of hydrogen-bond acceptors (Lipinski definition) is 3. The molecule has 30 heavy (non-hydrogen) atoms. The Labute approximate surface area is 189 Å². The van der Waals surface area contributed by atoms with Gasteiger partial charge in [-0.25, -0.2) is 0 Å². The number of halogens is 1. The highest BCUT2D eigenvalue weighted by Gasteiger charge is 2.12. The van der Waals surface area contributed by atoms with Crippen molar-refractivity contribution in [2.24, 2.45) is 0 Å². The van der Waals surface area contributed by atoms with Crippen LogP contribution in [0.3, 0.4) is 0 Å². The third kappa shape index (κ3) is 9.80. The third-order valence-corrected chi connectivity index (χ3v) is 6.70. The van der Waals surface area contributed by atoms with Crippen molar-refractivity contribution in [1.29, 1.82) is 0 Å². The minimum absolute atomic E-state index is 0.0115. The summed E-state index contributed by atoms with van der Waals surface area (Å²) in [7, 11) is 2.22. The fourth-order valence-electron chi connectivity index (χ4n) is 4.10. The average molecular weight is 436 g/mol. The van der Waals surface area contributed by atoms with Crippen LogP contribution >= 0.6 is 11.6 Å². The number of piperazine rings is 1. The number of carbonyl (C=O) groups is 1. The van der Waals surface area contributed by atoms with Gasteiger partial charge in [0.2, 0.25) is 0 Å². The Morgan fingerprint density at radius 3 is 2.10 bits per heavy atom. The molecule has 1 aromatic carbocycles. The summed E-state index contributed by atoms with van der Waals surface area (Å²) >= 11 is 6.09. The van der Waals surface area contributed by atoms with Crippen LogP contribution in [0.4, 0.5) is 0 Å². The Hall–Kier alpha value is -1.10. The standard InChI is InChI=1S/C25H42ClN3O/c1-22-23(14-13-15-24(22)26)25(30)27-16-11-9-7-5-3-4-6-8-10-12-17-29-20-18-28(2)19-21-29/h13-15H,3-12,16-21H2,1-2H3,(H,27,30). The lowest BCUT2D eigenvalue weighted by Gasteiger charge is -2.32. The van der Waals surface area contributed by atoms with Gasteiger partial charge in [-0.3, -0.25) is 4.79 Å². The number of nitrogens with zero attached hydrogens (tertiary/aromatic N) is 2. The molecule has 4 nitrogen and oxygen atoms in total. The number of unbranched alkanes of at least 4 members (excludes halogenated alkanes) is 9. The van der Waals surface area contributed by atoms with Gasteiger partial charge in [0.15, 0.2) is 0 Å². The minimum Gasteiger partial charge on any atom is -0.352 e. The van der Waals surface area contributed by atoms with Crippen LogP contribution in [0.5, 0.6) is 0 Å². The van der Waals surface area contributed by atoms with E-state index >= 15 is 0 Å². The topological polar surface area (TPSA) is 35.6 Å². The zero-order valence-electron chi connectivity index (χ0n) is 19.2. The molecule has 0 aliphatic carbocycles. The first-order valence-corrected chi connectivity index (χ1v) is 12.4. The van der Waals surface area contributed by atoms with Crippen molar-refractivity contribution < 1.29 is 4.79 Å². The summed E-state index contributed by atoms with van der Waals surface area (Å²) in [6.45, 7) is 8.90. The molecular formula is C25H42ClN3O. The van der Waals surface area contributed by atoms with E-state index in [1.165, 1.54) is 90.5 Å². The molecule has 1 heterocycles. The van der Waals surface area contributed by atoms with Crippen LogP contribution in [0.1, 0.15) is 80.1 Å². The molecule has 0 saturated carbocycles. The van der Waals surface area contributed by atoms with Crippen molar-refractivity contribution in [1.82, 2.24) is 15.1 Å². The second-order valence-corrected chi connectivity index (χ2v) is 9.26. The number of hydrogen-bond donors (Lipinski definition) is 1. The van der Waals surface area contributed by atoms with E-state index in [0.717, 1.165) is 18.5 Å². The van der Waals surface area contributed by atoms with Gasteiger partial charge in [-0.1, -0.05) is 69.0 Å². The Kier molecular flexibility index (Phi) is 12.4. The maximum Gasteiger partial charge on any atom is 0.251 e. The molecule has 170 valence electrons. The molecule has 0 bridgehead atoms. The third-order valence-electron chi connectivity index (χ3n) is 6.29. The molecule has 0 atom stereocenters. The van der Waals surface area contributed by atoms with E-state index in [4.69, 9.17) is 11.6 Å². The van der Waals surface area contributed by atoms with Crippen molar-refractivity contribution in [3.8, 4) is 0 Å². The van der Waals surface area contributed by atoms with Crippen LogP contribution in [0.2, 0.25) is 5.02 Å². The van der Waals surface area contributed by atoms with Crippen LogP contribution in [0.15, 0.2) is 18.2 Å². The lowest BCUT2D eigenvalue weighted by molar-refractivity contribution is 0.0952. The van der Waals surface area contributed by atoms with Crippen molar-refractivity contribution >= 4 is 17.5 Å². The number of benzene rings is 1. The summed E-state index contributed by atoms with van der Waals surface area (Å²) in [6.07, 6.45) is 13.1. The molecule has 5 heteroatoms. The van der Waals surface area contributed by atoms with Gasteiger partial charge in [0.25, 0.3) is 5.91 Å². The molecule has 1 aromatic rings. The largest absolute Gasteiger partial charge is 0.352 e. The van der Waals surface area contributed by atoms with Gasteiger partial charge in [-0.15, -0.1) is 0 Å². The predicted molar refractivity (Wildman–Crippen MR) is 129 cm³/mol. The predicted octanol–water partition coefficient (Wildman–Crippen LogP) is 5.53. The molecule has 1 amide bonds. The van der Waals surface area contributed by atoms with Crippen LogP contribution in [0, 0.1) is 6.92 Å². The highest BCUT2D eigenvalue weighted by Crippen LogP contribution is 2.18. The summed E-state index contributed by atoms with van der Waals surface area (Å²) in [6, 6.07) is 5.49. The highest BCUT2D eigenvalue weighted by molar-refractivity contribution is 6.31. The van der Waals surface area contributed by atoms with Gasteiger partial charge in [-0.2, -0.15) is 0 Å². The maximum atomic E-state index is 12.2. The Morgan fingerprint density at radius 1 is 0.900 bits per heavy atom. The quantitative estimate of drug-likeness (QED) is 0.390. The van der Waals surface area contributed by atoms with Gasteiger partial charge in [0, 0.05) is 43.3 Å². The summed E-state index contributed by atoms with van der Waals surface area (Å²) in [5, 5.41) is 3.67. The van der Waals surface area contributed by atoms with E-state index in [9.17, 15) is 4.79 Å². The first kappa shape index (κ1) is 25.2. The van der Waals surface area contributed by atoms with Crippen LogP contribution in [-0.4, -0.2) is 62.0 Å². The van der Waals surface area contributed by atoms with Gasteiger partial charge in [0.1, 0.15) is 0 Å². The van der Waals surface area contributed by atoms with E-state index in [-0.39, 0.29) is 5.91 Å². The number of likely N-dealkylation sites (N-methyl/N-ethyl adjacent to an activating group) is 1. The SMILES string of the molecule is Cc1c(Cl)cccc1C(=O)NCCCCCCCCCCCCN1CCN(C)CC1. The van der Waals surface area contributed by atoms with Crippen LogP contribution in [0.25, 0.3) is 0 Å². The van der Waals surface area contributed by atoms with Gasteiger partial charge in [0.05, 0.1) is 0 Å². The zero-order chi connectivity index (χ0) is 21.6. The van der Waals surface area contributed by atoms with Crippen LogP contribution in [-0.2, 0) is 0 Å². The van der Waals surface area contributed by atoms with E-state index < -0.39 is 0 Å². The molecule has 1 saturated heterocycles. The van der Waals surface area contributed by atoms with Crippen molar-refractivity contribution in [3.05, 3.63) is 34.3 Å². The Morgan fingerprint density at radius 2 is 1.47 bits per heavy atom. The molecule has 0 spiro atoms. The molecule has 0 radical (unpaired) electrons. The smallest absolute Gasteiger partial charge is 0.251 e. The first-order chi connectivity index (χ1) is 14.6. The van der Waals surface area contributed by atoms with Crippen LogP contribution < -0.4 is 5.32 Å². The van der Waals surface area contributed by atoms with Gasteiger partial charge >= 0.3 is 0 Å². The summed E-state index contributed by atoms with van der Waals surface area (Å²) in [5.74, 6) is -0.0115. The lowest BCUT2D eigenvalue weighted by atomic mass is 10.1. The molecular weight excluding hydrogens is 394 g/mol. The monoisotopic (exact) mass is 435 g/mol. The first-order valence-electron chi connectivity index (χ1n) is 12.0. The Balaban J connectivity index is 1.35. The normalized spacial score (nSPS) is 15.4. The van der Waals surface area contributed by atoms with Crippen molar-refractivity contribution in [2.45, 2.75) is 71.1 Å². The molecule has 1 fully saturated rings. The fraction of sp³-hybridized carbons (Fsp3) is 0.720. The zero-order valence-corrected chi connectivity index (χ0v) is 20.0. The van der Waals surface area contributed by atoms with Gasteiger partial charge in [-0.05, 0) is 51.1 Å². The minimum atomic E-state index is -0.0115. The number of nitrogens with one attached hydrogen (secondary N) is 1. The van der Waals surface area contributed by atoms with E-state index in [0.29, 0.717) is 10.6 Å². The molecule has 0 aromatic heterocycles. The second kappa shape index (κ2) is 14.8. The molecule has 0 unspecified atom stereocenters. The molecule has 1 aliphatic heterocycles. The number of amides is 1. The lowest BCUT2D eigenvalue weighted by Crippen LogP contribution is -2.44. The van der Waals surface area contributed by atoms with Crippen molar-refractivity contribution in [2.75, 3.05) is 46.3 Å². The van der Waals surface area contributed by atoms with Gasteiger partial charge < -0.3 is 15.1 Å². The van der Waals surface area contributed by atoms with Crippen molar-refractivity contribution in [3.63, 3.8) is 0 Å². The van der Waals surface area contributed by atoms with E-state index in [1.54, 1.807) is 0 Å². The average Bonchev–Trinajstić information content (AvgIpc) is 2.74. The molecule has 1 aliphatic rings. The fourth-order valence-corrected chi connectivity index (χ4v) is 4.27. The highest BCUT2D eigenvalue weighted by atomic mass is 35.5. The summed E-state index contributed by atoms with van der Waals surface area (Å²) in [4.78, 5) is 17.3. The summed E-state index contributed by atoms with van der Waals surface area (Å²) in [5.41, 5.74) is 1.54. The maximum absolute atomic E-state index is 12.2. The Bertz CT molecular complexity index is 614. The summed E-state index contributed by atoms with van der Waals surface area (Å²) < 4.78 is 0. The second-order valence-electron chi connectivity index (χ2n) is 8.85.